The predicted octanol–water partition coefficient (Wildman–Crippen LogP) is 2.39. The van der Waals surface area contributed by atoms with E-state index in [1.807, 2.05) is 0 Å². The van der Waals surface area contributed by atoms with Crippen molar-refractivity contribution in [3.05, 3.63) is 28.8 Å². The van der Waals surface area contributed by atoms with Gasteiger partial charge in [0.25, 0.3) is 0 Å². The van der Waals surface area contributed by atoms with E-state index in [0.717, 1.165) is 19.4 Å². The Labute approximate surface area is 99.9 Å². The van der Waals surface area contributed by atoms with Crippen LogP contribution < -0.4 is 4.74 Å². The van der Waals surface area contributed by atoms with Gasteiger partial charge in [0, 0.05) is 17.2 Å². The number of hydrogen-bond donors (Lipinski definition) is 1. The minimum atomic E-state index is -0.0680. The fourth-order valence-electron chi connectivity index (χ4n) is 1.77. The summed E-state index contributed by atoms with van der Waals surface area (Å²) in [5.41, 5.74) is 0.713. The Kier molecular flexibility index (Phi) is 4.04. The maximum absolute atomic E-state index is 9.16. The molecule has 0 aromatic heterocycles. The summed E-state index contributed by atoms with van der Waals surface area (Å²) in [5.74, 6) is 0.683. The number of ether oxygens (including phenoxy) is 2. The van der Waals surface area contributed by atoms with E-state index in [0.29, 0.717) is 22.9 Å². The van der Waals surface area contributed by atoms with Crippen LogP contribution in [-0.2, 0) is 11.3 Å². The summed E-state index contributed by atoms with van der Waals surface area (Å²) >= 11 is 5.83. The Hall–Kier alpha value is -0.770. The van der Waals surface area contributed by atoms with Crippen LogP contribution >= 0.6 is 11.6 Å². The Morgan fingerprint density at radius 1 is 1.50 bits per heavy atom. The second kappa shape index (κ2) is 5.53. The molecular formula is C12H15ClO3. The summed E-state index contributed by atoms with van der Waals surface area (Å²) in [5, 5.41) is 9.77. The van der Waals surface area contributed by atoms with Gasteiger partial charge in [0.15, 0.2) is 0 Å². The van der Waals surface area contributed by atoms with Gasteiger partial charge in [-0.3, -0.25) is 0 Å². The molecule has 0 unspecified atom stereocenters. The highest BCUT2D eigenvalue weighted by Crippen LogP contribution is 2.24. The van der Waals surface area contributed by atoms with Crippen LogP contribution in [0, 0.1) is 0 Å². The number of benzene rings is 1. The lowest BCUT2D eigenvalue weighted by Crippen LogP contribution is -2.16. The monoisotopic (exact) mass is 242 g/mol. The zero-order valence-electron chi connectivity index (χ0n) is 8.99. The number of aliphatic hydroxyl groups is 1. The van der Waals surface area contributed by atoms with Gasteiger partial charge in [-0.25, -0.2) is 0 Å². The van der Waals surface area contributed by atoms with E-state index in [2.05, 4.69) is 0 Å². The van der Waals surface area contributed by atoms with Crippen molar-refractivity contribution >= 4 is 11.6 Å². The molecule has 2 rings (SSSR count). The average molecular weight is 243 g/mol. The van der Waals surface area contributed by atoms with E-state index in [4.69, 9.17) is 26.2 Å². The molecule has 0 radical (unpaired) electrons. The van der Waals surface area contributed by atoms with E-state index < -0.39 is 0 Å². The van der Waals surface area contributed by atoms with E-state index >= 15 is 0 Å². The lowest BCUT2D eigenvalue weighted by atomic mass is 10.2. The molecule has 1 fully saturated rings. The second-order valence-electron chi connectivity index (χ2n) is 3.86. The number of halogens is 1. The highest BCUT2D eigenvalue weighted by molar-refractivity contribution is 6.30. The maximum Gasteiger partial charge on any atom is 0.125 e. The van der Waals surface area contributed by atoms with Crippen LogP contribution in [0.15, 0.2) is 18.2 Å². The molecule has 3 nitrogen and oxygen atoms in total. The van der Waals surface area contributed by atoms with Gasteiger partial charge >= 0.3 is 0 Å². The van der Waals surface area contributed by atoms with Gasteiger partial charge in [-0.1, -0.05) is 11.6 Å². The van der Waals surface area contributed by atoms with Gasteiger partial charge in [-0.05, 0) is 31.0 Å². The van der Waals surface area contributed by atoms with Crippen molar-refractivity contribution in [2.24, 2.45) is 0 Å². The van der Waals surface area contributed by atoms with Crippen molar-refractivity contribution < 1.29 is 14.6 Å². The third-order valence-electron chi connectivity index (χ3n) is 2.64. The van der Waals surface area contributed by atoms with Gasteiger partial charge in [0.1, 0.15) is 12.4 Å². The van der Waals surface area contributed by atoms with Crippen LogP contribution in [0.3, 0.4) is 0 Å². The van der Waals surface area contributed by atoms with Crippen molar-refractivity contribution in [2.75, 3.05) is 13.2 Å². The largest absolute Gasteiger partial charge is 0.491 e. The van der Waals surface area contributed by atoms with Crippen LogP contribution in [0.1, 0.15) is 18.4 Å². The molecule has 1 N–H and O–H groups in total. The molecule has 1 saturated heterocycles. The van der Waals surface area contributed by atoms with Crippen molar-refractivity contribution in [1.29, 1.82) is 0 Å². The molecule has 1 aliphatic heterocycles. The minimum Gasteiger partial charge on any atom is -0.491 e. The van der Waals surface area contributed by atoms with Crippen molar-refractivity contribution in [2.45, 2.75) is 25.6 Å². The number of rotatable bonds is 4. The summed E-state index contributed by atoms with van der Waals surface area (Å²) < 4.78 is 11.1. The highest BCUT2D eigenvalue weighted by Gasteiger charge is 2.16. The molecular weight excluding hydrogens is 228 g/mol. The molecule has 4 heteroatoms. The van der Waals surface area contributed by atoms with E-state index in [-0.39, 0.29) is 12.7 Å². The first-order chi connectivity index (χ1) is 7.79. The van der Waals surface area contributed by atoms with Crippen LogP contribution in [0.2, 0.25) is 5.02 Å². The summed E-state index contributed by atoms with van der Waals surface area (Å²) in [6, 6.07) is 5.25. The van der Waals surface area contributed by atoms with Crippen LogP contribution in [0.25, 0.3) is 0 Å². The van der Waals surface area contributed by atoms with E-state index in [1.165, 1.54) is 0 Å². The lowest BCUT2D eigenvalue weighted by molar-refractivity contribution is 0.0671. The normalized spacial score (nSPS) is 20.0. The molecule has 88 valence electrons. The van der Waals surface area contributed by atoms with Gasteiger partial charge in [0.05, 0.1) is 12.7 Å². The van der Waals surface area contributed by atoms with Crippen LogP contribution in [-0.4, -0.2) is 24.4 Å². The Morgan fingerprint density at radius 2 is 2.38 bits per heavy atom. The smallest absolute Gasteiger partial charge is 0.125 e. The third-order valence-corrected chi connectivity index (χ3v) is 2.88. The predicted molar refractivity (Wildman–Crippen MR) is 61.8 cm³/mol. The quantitative estimate of drug-likeness (QED) is 0.881. The minimum absolute atomic E-state index is 0.0680. The summed E-state index contributed by atoms with van der Waals surface area (Å²) in [4.78, 5) is 0. The van der Waals surface area contributed by atoms with Crippen molar-refractivity contribution in [3.8, 4) is 5.75 Å². The third kappa shape index (κ3) is 2.88. The van der Waals surface area contributed by atoms with Gasteiger partial charge in [-0.2, -0.15) is 0 Å². The zero-order valence-corrected chi connectivity index (χ0v) is 9.74. The lowest BCUT2D eigenvalue weighted by Gasteiger charge is -2.13. The van der Waals surface area contributed by atoms with Gasteiger partial charge in [-0.15, -0.1) is 0 Å². The Balaban J connectivity index is 1.97. The first kappa shape index (κ1) is 11.7. The van der Waals surface area contributed by atoms with Crippen molar-refractivity contribution in [3.63, 3.8) is 0 Å². The second-order valence-corrected chi connectivity index (χ2v) is 4.29. The summed E-state index contributed by atoms with van der Waals surface area (Å²) in [6.45, 7) is 1.29. The Bertz CT molecular complexity index is 348. The molecule has 1 atom stereocenters. The number of aliphatic hydroxyl groups excluding tert-OH is 1. The zero-order chi connectivity index (χ0) is 11.4. The highest BCUT2D eigenvalue weighted by atomic mass is 35.5. The molecule has 1 aliphatic rings. The first-order valence-electron chi connectivity index (χ1n) is 5.43. The van der Waals surface area contributed by atoms with Crippen LogP contribution in [0.5, 0.6) is 5.75 Å². The molecule has 1 aromatic rings. The first-order valence-corrected chi connectivity index (χ1v) is 5.81. The fourth-order valence-corrected chi connectivity index (χ4v) is 1.97. The number of hydrogen-bond acceptors (Lipinski definition) is 3. The standard InChI is InChI=1S/C12H15ClO3/c13-10-3-4-12(9(6-10)7-14)16-8-11-2-1-5-15-11/h3-4,6,11,14H,1-2,5,7-8H2/t11-/m0/s1. The SMILES string of the molecule is OCc1cc(Cl)ccc1OC[C@@H]1CCCO1. The summed E-state index contributed by atoms with van der Waals surface area (Å²) in [6.07, 6.45) is 2.33. The average Bonchev–Trinajstić information content (AvgIpc) is 2.80. The van der Waals surface area contributed by atoms with Crippen molar-refractivity contribution in [1.82, 2.24) is 0 Å². The molecule has 0 saturated carbocycles. The molecule has 1 heterocycles. The fraction of sp³-hybridized carbons (Fsp3) is 0.500. The Morgan fingerprint density at radius 3 is 3.06 bits per heavy atom. The molecule has 1 aromatic carbocycles. The topological polar surface area (TPSA) is 38.7 Å². The molecule has 0 bridgehead atoms. The van der Waals surface area contributed by atoms with E-state index in [1.54, 1.807) is 18.2 Å². The summed E-state index contributed by atoms with van der Waals surface area (Å²) in [7, 11) is 0. The molecule has 16 heavy (non-hydrogen) atoms. The van der Waals surface area contributed by atoms with Gasteiger partial charge in [0.2, 0.25) is 0 Å². The maximum atomic E-state index is 9.16. The molecule has 0 amide bonds. The molecule has 0 spiro atoms. The van der Waals surface area contributed by atoms with Gasteiger partial charge < -0.3 is 14.6 Å². The van der Waals surface area contributed by atoms with Crippen LogP contribution in [0.4, 0.5) is 0 Å². The van der Waals surface area contributed by atoms with E-state index in [9.17, 15) is 0 Å². The molecule has 0 aliphatic carbocycles.